The van der Waals surface area contributed by atoms with Crippen LogP contribution in [-0.2, 0) is 4.79 Å². The number of fused-ring (bicyclic) bond motifs is 5. The van der Waals surface area contributed by atoms with Gasteiger partial charge in [0.15, 0.2) is 5.78 Å². The molecular weight excluding hydrogens is 152 g/mol. The summed E-state index contributed by atoms with van der Waals surface area (Å²) in [5, 5.41) is 9.49. The van der Waals surface area contributed by atoms with Gasteiger partial charge in [-0.25, -0.2) is 0 Å². The highest BCUT2D eigenvalue weighted by molar-refractivity contribution is 5.97. The molecule has 0 heterocycles. The maximum atomic E-state index is 11.5. The van der Waals surface area contributed by atoms with Gasteiger partial charge in [-0.1, -0.05) is 19.1 Å². The Morgan fingerprint density at radius 2 is 2.33 bits per heavy atom. The van der Waals surface area contributed by atoms with Crippen LogP contribution in [0, 0.1) is 23.2 Å². The Balaban J connectivity index is 2.10. The molecule has 0 saturated heterocycles. The summed E-state index contributed by atoms with van der Waals surface area (Å²) >= 11 is 0. The molecule has 3 aliphatic carbocycles. The second-order valence-corrected chi connectivity index (χ2v) is 4.51. The Morgan fingerprint density at radius 1 is 1.58 bits per heavy atom. The lowest BCUT2D eigenvalue weighted by molar-refractivity contribution is -0.168. The molecule has 3 aliphatic rings. The molecular formula is C10H12O2. The van der Waals surface area contributed by atoms with Crippen LogP contribution in [0.3, 0.4) is 0 Å². The molecule has 2 nitrogen and oxygen atoms in total. The highest BCUT2D eigenvalue weighted by Gasteiger charge is 2.68. The quantitative estimate of drug-likeness (QED) is 0.537. The van der Waals surface area contributed by atoms with Crippen molar-refractivity contribution in [3.63, 3.8) is 0 Å². The van der Waals surface area contributed by atoms with Crippen molar-refractivity contribution >= 4 is 5.78 Å². The standard InChI is InChI=1S/C10H12O2/c1-10-6-3-2-5(4-6)7(10)8(11)9(10)12/h2-3,5-8,11H,4H2,1H3. The maximum Gasteiger partial charge on any atom is 0.168 e. The predicted molar refractivity (Wildman–Crippen MR) is 43.3 cm³/mol. The first-order chi connectivity index (χ1) is 5.65. The van der Waals surface area contributed by atoms with Crippen molar-refractivity contribution in [2.45, 2.75) is 19.4 Å². The van der Waals surface area contributed by atoms with Crippen LogP contribution in [0.25, 0.3) is 0 Å². The molecule has 0 aromatic carbocycles. The smallest absolute Gasteiger partial charge is 0.168 e. The largest absolute Gasteiger partial charge is 0.385 e. The third-order valence-corrected chi connectivity index (χ3v) is 4.18. The van der Waals surface area contributed by atoms with Crippen LogP contribution in [-0.4, -0.2) is 17.0 Å². The molecule has 64 valence electrons. The van der Waals surface area contributed by atoms with Crippen LogP contribution in [0.1, 0.15) is 13.3 Å². The second-order valence-electron chi connectivity index (χ2n) is 4.51. The lowest BCUT2D eigenvalue weighted by atomic mass is 9.54. The van der Waals surface area contributed by atoms with E-state index in [9.17, 15) is 9.90 Å². The van der Waals surface area contributed by atoms with Crippen LogP contribution in [0.5, 0.6) is 0 Å². The van der Waals surface area contributed by atoms with Gasteiger partial charge in [0.1, 0.15) is 6.10 Å². The van der Waals surface area contributed by atoms with E-state index in [1.807, 2.05) is 6.92 Å². The van der Waals surface area contributed by atoms with Crippen LogP contribution in [0.15, 0.2) is 12.2 Å². The molecule has 1 N–H and O–H groups in total. The van der Waals surface area contributed by atoms with E-state index in [0.717, 1.165) is 6.42 Å². The number of ketones is 1. The summed E-state index contributed by atoms with van der Waals surface area (Å²) in [5.74, 6) is 1.21. The van der Waals surface area contributed by atoms with E-state index in [1.54, 1.807) is 0 Å². The van der Waals surface area contributed by atoms with Gasteiger partial charge in [-0.05, 0) is 18.3 Å². The van der Waals surface area contributed by atoms with Crippen LogP contribution in [0.4, 0.5) is 0 Å². The minimum atomic E-state index is -0.657. The fraction of sp³-hybridized carbons (Fsp3) is 0.700. The number of rotatable bonds is 0. The first-order valence-electron chi connectivity index (χ1n) is 4.56. The Labute approximate surface area is 71.3 Å². The molecule has 0 spiro atoms. The average Bonchev–Trinajstić information content (AvgIpc) is 2.60. The Kier molecular flexibility index (Phi) is 0.950. The molecule has 0 amide bonds. The van der Waals surface area contributed by atoms with Crippen LogP contribution in [0.2, 0.25) is 0 Å². The molecule has 12 heavy (non-hydrogen) atoms. The SMILES string of the molecule is CC12C(=O)C(O)C1C1C=CC2C1. The van der Waals surface area contributed by atoms with Crippen molar-refractivity contribution in [1.29, 1.82) is 0 Å². The molecule has 0 aliphatic heterocycles. The van der Waals surface area contributed by atoms with E-state index in [4.69, 9.17) is 0 Å². The molecule has 2 fully saturated rings. The van der Waals surface area contributed by atoms with E-state index in [0.29, 0.717) is 11.8 Å². The Morgan fingerprint density at radius 3 is 3.00 bits per heavy atom. The first-order valence-corrected chi connectivity index (χ1v) is 4.56. The van der Waals surface area contributed by atoms with Crippen molar-refractivity contribution < 1.29 is 9.90 Å². The van der Waals surface area contributed by atoms with E-state index < -0.39 is 6.10 Å². The number of allylic oxidation sites excluding steroid dienone is 2. The van der Waals surface area contributed by atoms with Crippen molar-refractivity contribution in [1.82, 2.24) is 0 Å². The van der Waals surface area contributed by atoms with Crippen LogP contribution < -0.4 is 0 Å². The molecule has 0 aromatic heterocycles. The fourth-order valence-electron chi connectivity index (χ4n) is 3.42. The zero-order chi connectivity index (χ0) is 8.51. The maximum absolute atomic E-state index is 11.5. The third kappa shape index (κ3) is 0.446. The van der Waals surface area contributed by atoms with Gasteiger partial charge in [0, 0.05) is 11.3 Å². The van der Waals surface area contributed by atoms with Crippen molar-refractivity contribution in [2.75, 3.05) is 0 Å². The van der Waals surface area contributed by atoms with Gasteiger partial charge in [0.25, 0.3) is 0 Å². The van der Waals surface area contributed by atoms with Gasteiger partial charge in [-0.3, -0.25) is 4.79 Å². The van der Waals surface area contributed by atoms with Gasteiger partial charge >= 0.3 is 0 Å². The summed E-state index contributed by atoms with van der Waals surface area (Å²) in [7, 11) is 0. The van der Waals surface area contributed by atoms with Gasteiger partial charge in [0.05, 0.1) is 0 Å². The first kappa shape index (κ1) is 6.84. The van der Waals surface area contributed by atoms with Gasteiger partial charge in [0.2, 0.25) is 0 Å². The normalized spacial score (nSPS) is 60.3. The summed E-state index contributed by atoms with van der Waals surface area (Å²) < 4.78 is 0. The van der Waals surface area contributed by atoms with E-state index in [2.05, 4.69) is 12.2 Å². The van der Waals surface area contributed by atoms with E-state index >= 15 is 0 Å². The fourth-order valence-corrected chi connectivity index (χ4v) is 3.42. The lowest BCUT2D eigenvalue weighted by Crippen LogP contribution is -2.61. The second kappa shape index (κ2) is 1.67. The molecule has 5 unspecified atom stereocenters. The van der Waals surface area contributed by atoms with Crippen molar-refractivity contribution in [3.05, 3.63) is 12.2 Å². The molecule has 3 rings (SSSR count). The average molecular weight is 164 g/mol. The number of carbonyl (C=O) groups excluding carboxylic acids is 1. The molecule has 2 bridgehead atoms. The van der Waals surface area contributed by atoms with E-state index in [-0.39, 0.29) is 17.1 Å². The van der Waals surface area contributed by atoms with Gasteiger partial charge in [-0.2, -0.15) is 0 Å². The minimum Gasteiger partial charge on any atom is -0.385 e. The predicted octanol–water partition coefficient (Wildman–Crippen LogP) is 0.758. The molecule has 0 radical (unpaired) electrons. The lowest BCUT2D eigenvalue weighted by Gasteiger charge is -2.49. The number of aliphatic hydroxyl groups is 1. The van der Waals surface area contributed by atoms with Crippen molar-refractivity contribution in [3.8, 4) is 0 Å². The number of hydrogen-bond acceptors (Lipinski definition) is 2. The highest BCUT2D eigenvalue weighted by atomic mass is 16.3. The van der Waals surface area contributed by atoms with Crippen LogP contribution >= 0.6 is 0 Å². The third-order valence-electron chi connectivity index (χ3n) is 4.18. The summed E-state index contributed by atoms with van der Waals surface area (Å²) in [5.41, 5.74) is -0.196. The molecule has 2 saturated carbocycles. The molecule has 2 heteroatoms. The van der Waals surface area contributed by atoms with E-state index in [1.165, 1.54) is 0 Å². The molecule has 0 aromatic rings. The summed E-state index contributed by atoms with van der Waals surface area (Å²) in [6, 6.07) is 0. The van der Waals surface area contributed by atoms with Gasteiger partial charge in [-0.15, -0.1) is 0 Å². The Bertz CT molecular complexity index is 294. The zero-order valence-electron chi connectivity index (χ0n) is 7.03. The number of aliphatic hydroxyl groups excluding tert-OH is 1. The Hall–Kier alpha value is -0.630. The monoisotopic (exact) mass is 164 g/mol. The number of carbonyl (C=O) groups is 1. The molecule has 5 atom stereocenters. The number of hydrogen-bond donors (Lipinski definition) is 1. The minimum absolute atomic E-state index is 0.0735. The van der Waals surface area contributed by atoms with Crippen molar-refractivity contribution in [2.24, 2.45) is 23.2 Å². The van der Waals surface area contributed by atoms with Gasteiger partial charge < -0.3 is 5.11 Å². The summed E-state index contributed by atoms with van der Waals surface area (Å²) in [4.78, 5) is 11.5. The summed E-state index contributed by atoms with van der Waals surface area (Å²) in [6.07, 6.45) is 4.76. The highest BCUT2D eigenvalue weighted by Crippen LogP contribution is 2.64. The topological polar surface area (TPSA) is 37.3 Å². The summed E-state index contributed by atoms with van der Waals surface area (Å²) in [6.45, 7) is 2.01. The zero-order valence-corrected chi connectivity index (χ0v) is 7.03. The number of Topliss-reactive ketones (excluding diaryl/α,β-unsaturated/α-hetero) is 1.